The Bertz CT molecular complexity index is 497. The SMILES string of the molecule is CCCCCCCOc1ccc(/C=N/NC(=O)CCCCCCC)cc1. The summed E-state index contributed by atoms with van der Waals surface area (Å²) in [5, 5.41) is 4.02. The predicted octanol–water partition coefficient (Wildman–Crippen LogP) is 5.85. The Morgan fingerprint density at radius 3 is 2.19 bits per heavy atom. The standard InChI is InChI=1S/C22H36N2O2/c1-3-5-7-9-11-13-22(25)24-23-19-20-14-16-21(17-15-20)26-18-12-10-8-6-4-2/h14-17,19H,3-13,18H2,1-2H3,(H,24,25)/b23-19+. The van der Waals surface area contributed by atoms with Gasteiger partial charge in [0.25, 0.3) is 0 Å². The van der Waals surface area contributed by atoms with Gasteiger partial charge in [0.05, 0.1) is 12.8 Å². The molecule has 1 aromatic rings. The molecule has 0 atom stereocenters. The quantitative estimate of drug-likeness (QED) is 0.242. The van der Waals surface area contributed by atoms with Crippen LogP contribution in [0.4, 0.5) is 0 Å². The highest BCUT2D eigenvalue weighted by Gasteiger charge is 1.99. The zero-order valence-electron chi connectivity index (χ0n) is 16.6. The van der Waals surface area contributed by atoms with E-state index in [0.717, 1.165) is 37.2 Å². The fourth-order valence-electron chi connectivity index (χ4n) is 2.67. The van der Waals surface area contributed by atoms with Gasteiger partial charge in [0.2, 0.25) is 5.91 Å². The van der Waals surface area contributed by atoms with Crippen molar-refractivity contribution in [2.75, 3.05) is 6.61 Å². The minimum Gasteiger partial charge on any atom is -0.494 e. The molecule has 26 heavy (non-hydrogen) atoms. The smallest absolute Gasteiger partial charge is 0.240 e. The van der Waals surface area contributed by atoms with Crippen molar-refractivity contribution < 1.29 is 9.53 Å². The lowest BCUT2D eigenvalue weighted by atomic mass is 10.1. The first kappa shape index (κ1) is 22.2. The average Bonchev–Trinajstić information content (AvgIpc) is 2.65. The van der Waals surface area contributed by atoms with E-state index in [1.54, 1.807) is 6.21 Å². The van der Waals surface area contributed by atoms with Gasteiger partial charge in [0.1, 0.15) is 5.75 Å². The van der Waals surface area contributed by atoms with Crippen LogP contribution in [0.1, 0.15) is 90.0 Å². The number of rotatable bonds is 15. The number of hydrogen-bond acceptors (Lipinski definition) is 3. The van der Waals surface area contributed by atoms with Crippen molar-refractivity contribution in [1.29, 1.82) is 0 Å². The summed E-state index contributed by atoms with van der Waals surface area (Å²) in [5.74, 6) is 0.870. The van der Waals surface area contributed by atoms with Crippen LogP contribution >= 0.6 is 0 Å². The van der Waals surface area contributed by atoms with Crippen LogP contribution in [-0.2, 0) is 4.79 Å². The molecule has 0 aliphatic carbocycles. The molecule has 1 aromatic carbocycles. The first-order valence-corrected chi connectivity index (χ1v) is 10.3. The van der Waals surface area contributed by atoms with Crippen molar-refractivity contribution in [3.8, 4) is 5.75 Å². The highest BCUT2D eigenvalue weighted by atomic mass is 16.5. The van der Waals surface area contributed by atoms with E-state index >= 15 is 0 Å². The number of unbranched alkanes of at least 4 members (excludes halogenated alkanes) is 8. The highest BCUT2D eigenvalue weighted by molar-refractivity contribution is 5.82. The Hall–Kier alpha value is -1.84. The van der Waals surface area contributed by atoms with Gasteiger partial charge in [0.15, 0.2) is 0 Å². The molecule has 0 spiro atoms. The number of hydrazone groups is 1. The van der Waals surface area contributed by atoms with E-state index < -0.39 is 0 Å². The summed E-state index contributed by atoms with van der Waals surface area (Å²) in [6, 6.07) is 7.80. The molecule has 0 fully saturated rings. The lowest BCUT2D eigenvalue weighted by molar-refractivity contribution is -0.121. The summed E-state index contributed by atoms with van der Waals surface area (Å²) in [6.45, 7) is 5.18. The molecule has 4 heteroatoms. The van der Waals surface area contributed by atoms with Crippen LogP contribution in [0.2, 0.25) is 0 Å². The Morgan fingerprint density at radius 2 is 1.54 bits per heavy atom. The fourth-order valence-corrected chi connectivity index (χ4v) is 2.67. The predicted molar refractivity (Wildman–Crippen MR) is 110 cm³/mol. The van der Waals surface area contributed by atoms with Crippen LogP contribution in [0.25, 0.3) is 0 Å². The third-order valence-corrected chi connectivity index (χ3v) is 4.31. The minimum atomic E-state index is -0.0132. The maximum Gasteiger partial charge on any atom is 0.240 e. The molecule has 0 radical (unpaired) electrons. The first-order chi connectivity index (χ1) is 12.8. The van der Waals surface area contributed by atoms with Crippen LogP contribution in [0.5, 0.6) is 5.75 Å². The zero-order valence-corrected chi connectivity index (χ0v) is 16.6. The molecular formula is C22H36N2O2. The summed E-state index contributed by atoms with van der Waals surface area (Å²) in [4.78, 5) is 11.7. The van der Waals surface area contributed by atoms with E-state index in [1.807, 2.05) is 24.3 Å². The molecule has 0 aromatic heterocycles. The maximum atomic E-state index is 11.7. The second-order valence-corrected chi connectivity index (χ2v) is 6.79. The van der Waals surface area contributed by atoms with Crippen LogP contribution in [-0.4, -0.2) is 18.7 Å². The highest BCUT2D eigenvalue weighted by Crippen LogP contribution is 2.12. The number of amides is 1. The second-order valence-electron chi connectivity index (χ2n) is 6.79. The zero-order chi connectivity index (χ0) is 18.9. The molecule has 1 rings (SSSR count). The molecule has 1 N–H and O–H groups in total. The van der Waals surface area contributed by atoms with E-state index in [-0.39, 0.29) is 5.91 Å². The number of carbonyl (C=O) groups is 1. The van der Waals surface area contributed by atoms with Gasteiger partial charge in [-0.25, -0.2) is 5.43 Å². The molecule has 0 aliphatic heterocycles. The molecule has 0 aliphatic rings. The third kappa shape index (κ3) is 11.7. The van der Waals surface area contributed by atoms with Crippen LogP contribution in [0.15, 0.2) is 29.4 Å². The molecule has 1 amide bonds. The molecule has 4 nitrogen and oxygen atoms in total. The maximum absolute atomic E-state index is 11.7. The molecule has 146 valence electrons. The molecule has 0 bridgehead atoms. The molecule has 0 saturated heterocycles. The molecule has 0 heterocycles. The fraction of sp³-hybridized carbons (Fsp3) is 0.636. The molecule has 0 saturated carbocycles. The summed E-state index contributed by atoms with van der Waals surface area (Å²) in [5.41, 5.74) is 3.54. The Balaban J connectivity index is 2.16. The van der Waals surface area contributed by atoms with Crippen molar-refractivity contribution in [2.24, 2.45) is 5.10 Å². The van der Waals surface area contributed by atoms with E-state index in [0.29, 0.717) is 6.42 Å². The molecular weight excluding hydrogens is 324 g/mol. The van der Waals surface area contributed by atoms with Crippen molar-refractivity contribution in [3.05, 3.63) is 29.8 Å². The summed E-state index contributed by atoms with van der Waals surface area (Å²) in [7, 11) is 0. The summed E-state index contributed by atoms with van der Waals surface area (Å²) in [6.07, 6.45) is 14.2. The second kappa shape index (κ2) is 15.4. The van der Waals surface area contributed by atoms with Crippen LogP contribution in [0, 0.1) is 0 Å². The van der Waals surface area contributed by atoms with Crippen molar-refractivity contribution in [2.45, 2.75) is 84.5 Å². The lowest BCUT2D eigenvalue weighted by Crippen LogP contribution is -2.16. The van der Waals surface area contributed by atoms with Gasteiger partial charge in [-0.15, -0.1) is 0 Å². The minimum absolute atomic E-state index is 0.0132. The van der Waals surface area contributed by atoms with Crippen LogP contribution < -0.4 is 10.2 Å². The topological polar surface area (TPSA) is 50.7 Å². The largest absolute Gasteiger partial charge is 0.494 e. The Kier molecular flexibility index (Phi) is 13.2. The van der Waals surface area contributed by atoms with Gasteiger partial charge in [-0.05, 0) is 42.7 Å². The number of nitrogens with one attached hydrogen (secondary N) is 1. The van der Waals surface area contributed by atoms with E-state index in [1.165, 1.54) is 44.9 Å². The monoisotopic (exact) mass is 360 g/mol. The average molecular weight is 361 g/mol. The number of carbonyl (C=O) groups excluding carboxylic acids is 1. The van der Waals surface area contributed by atoms with Gasteiger partial charge < -0.3 is 4.74 Å². The van der Waals surface area contributed by atoms with Gasteiger partial charge in [0, 0.05) is 6.42 Å². The van der Waals surface area contributed by atoms with Gasteiger partial charge in [-0.3, -0.25) is 4.79 Å². The number of nitrogens with zero attached hydrogens (tertiary/aromatic N) is 1. The van der Waals surface area contributed by atoms with E-state index in [4.69, 9.17) is 4.74 Å². The third-order valence-electron chi connectivity index (χ3n) is 4.31. The van der Waals surface area contributed by atoms with Crippen molar-refractivity contribution in [3.63, 3.8) is 0 Å². The van der Waals surface area contributed by atoms with Crippen molar-refractivity contribution in [1.82, 2.24) is 5.43 Å². The number of ether oxygens (including phenoxy) is 1. The normalized spacial score (nSPS) is 11.0. The van der Waals surface area contributed by atoms with Gasteiger partial charge in [-0.1, -0.05) is 65.2 Å². The first-order valence-electron chi connectivity index (χ1n) is 10.3. The van der Waals surface area contributed by atoms with Gasteiger partial charge >= 0.3 is 0 Å². The summed E-state index contributed by atoms with van der Waals surface area (Å²) < 4.78 is 5.74. The van der Waals surface area contributed by atoms with E-state index in [2.05, 4.69) is 24.4 Å². The number of benzene rings is 1. The Labute approximate surface area is 159 Å². The van der Waals surface area contributed by atoms with Crippen molar-refractivity contribution >= 4 is 12.1 Å². The van der Waals surface area contributed by atoms with Crippen LogP contribution in [0.3, 0.4) is 0 Å². The molecule has 0 unspecified atom stereocenters. The number of hydrogen-bond donors (Lipinski definition) is 1. The summed E-state index contributed by atoms with van der Waals surface area (Å²) >= 11 is 0. The van der Waals surface area contributed by atoms with Gasteiger partial charge in [-0.2, -0.15) is 5.10 Å². The Morgan fingerprint density at radius 1 is 0.923 bits per heavy atom. The lowest BCUT2D eigenvalue weighted by Gasteiger charge is -2.06. The van der Waals surface area contributed by atoms with E-state index in [9.17, 15) is 4.79 Å².